The molecule has 146 valence electrons. The zero-order valence-corrected chi connectivity index (χ0v) is 17.7. The third kappa shape index (κ3) is 4.18. The van der Waals surface area contributed by atoms with Crippen LogP contribution in [0.2, 0.25) is 0 Å². The van der Waals surface area contributed by atoms with Crippen LogP contribution in [0.5, 0.6) is 0 Å². The standard InChI is InChI=1S/C18H19N5O2S3/c1-26-13-4-2-3-12(9-13)20-14(24)10-23-11-19-16-15(17(23)25)28-18(21-16)22-5-7-27-8-6-22/h2-4,9,11H,5-8,10H2,1H3,(H,20,24). The van der Waals surface area contributed by atoms with Gasteiger partial charge in [-0.3, -0.25) is 14.2 Å². The van der Waals surface area contributed by atoms with E-state index < -0.39 is 0 Å². The van der Waals surface area contributed by atoms with Crippen molar-refractivity contribution in [3.8, 4) is 0 Å². The van der Waals surface area contributed by atoms with E-state index in [4.69, 9.17) is 0 Å². The summed E-state index contributed by atoms with van der Waals surface area (Å²) in [5.74, 6) is 1.86. The second-order valence-electron chi connectivity index (χ2n) is 6.21. The highest BCUT2D eigenvalue weighted by Gasteiger charge is 2.18. The highest BCUT2D eigenvalue weighted by atomic mass is 32.2. The van der Waals surface area contributed by atoms with Crippen LogP contribution in [0.4, 0.5) is 10.8 Å². The molecule has 1 aliphatic heterocycles. The number of amides is 1. The first-order valence-corrected chi connectivity index (χ1v) is 12.0. The molecule has 7 nitrogen and oxygen atoms in total. The number of nitrogens with one attached hydrogen (secondary N) is 1. The molecule has 0 aliphatic carbocycles. The minimum absolute atomic E-state index is 0.0845. The molecule has 0 bridgehead atoms. The van der Waals surface area contributed by atoms with E-state index in [0.29, 0.717) is 16.0 Å². The number of fused-ring (bicyclic) bond motifs is 1. The summed E-state index contributed by atoms with van der Waals surface area (Å²) in [4.78, 5) is 37.3. The Bertz CT molecular complexity index is 1060. The van der Waals surface area contributed by atoms with Crippen LogP contribution >= 0.6 is 34.9 Å². The largest absolute Gasteiger partial charge is 0.346 e. The Balaban J connectivity index is 1.52. The minimum atomic E-state index is -0.265. The number of benzene rings is 1. The van der Waals surface area contributed by atoms with Crippen LogP contribution in [0.1, 0.15) is 0 Å². The van der Waals surface area contributed by atoms with Gasteiger partial charge in [0.25, 0.3) is 5.56 Å². The van der Waals surface area contributed by atoms with Gasteiger partial charge < -0.3 is 10.2 Å². The van der Waals surface area contributed by atoms with Crippen LogP contribution in [0.25, 0.3) is 10.3 Å². The lowest BCUT2D eigenvalue weighted by Gasteiger charge is -2.25. The Kier molecular flexibility index (Phi) is 5.88. The lowest BCUT2D eigenvalue weighted by Crippen LogP contribution is -2.32. The van der Waals surface area contributed by atoms with Crippen molar-refractivity contribution in [2.24, 2.45) is 0 Å². The number of nitrogens with zero attached hydrogens (tertiary/aromatic N) is 4. The normalized spacial score (nSPS) is 14.4. The average Bonchev–Trinajstić information content (AvgIpc) is 3.16. The quantitative estimate of drug-likeness (QED) is 0.620. The predicted molar refractivity (Wildman–Crippen MR) is 118 cm³/mol. The number of thiazole rings is 1. The van der Waals surface area contributed by atoms with E-state index in [9.17, 15) is 9.59 Å². The van der Waals surface area contributed by atoms with Crippen LogP contribution in [-0.2, 0) is 11.3 Å². The summed E-state index contributed by atoms with van der Waals surface area (Å²) in [6, 6.07) is 7.59. The van der Waals surface area contributed by atoms with Crippen molar-refractivity contribution in [1.29, 1.82) is 0 Å². The first-order chi connectivity index (χ1) is 13.6. The number of anilines is 2. The molecule has 0 saturated carbocycles. The monoisotopic (exact) mass is 433 g/mol. The van der Waals surface area contributed by atoms with Crippen LogP contribution in [-0.4, -0.2) is 51.3 Å². The topological polar surface area (TPSA) is 80.1 Å². The molecule has 10 heteroatoms. The van der Waals surface area contributed by atoms with E-state index in [0.717, 1.165) is 34.6 Å². The number of carbonyl (C=O) groups excluding carboxylic acids is 1. The summed E-state index contributed by atoms with van der Waals surface area (Å²) in [6.07, 6.45) is 3.38. The number of carbonyl (C=O) groups is 1. The van der Waals surface area contributed by atoms with E-state index >= 15 is 0 Å². The lowest BCUT2D eigenvalue weighted by molar-refractivity contribution is -0.116. The highest BCUT2D eigenvalue weighted by molar-refractivity contribution is 7.99. The molecule has 0 radical (unpaired) electrons. The van der Waals surface area contributed by atoms with Gasteiger partial charge in [0.2, 0.25) is 5.91 Å². The van der Waals surface area contributed by atoms with Crippen LogP contribution in [0.3, 0.4) is 0 Å². The van der Waals surface area contributed by atoms with Crippen LogP contribution in [0.15, 0.2) is 40.3 Å². The number of thioether (sulfide) groups is 2. The van der Waals surface area contributed by atoms with Gasteiger partial charge in [-0.2, -0.15) is 16.7 Å². The first-order valence-electron chi connectivity index (χ1n) is 8.76. The summed E-state index contributed by atoms with van der Waals surface area (Å²) < 4.78 is 1.83. The molecule has 3 heterocycles. The van der Waals surface area contributed by atoms with Crippen molar-refractivity contribution in [2.45, 2.75) is 11.4 Å². The summed E-state index contributed by atoms with van der Waals surface area (Å²) in [7, 11) is 0. The molecule has 2 aromatic heterocycles. The fourth-order valence-electron chi connectivity index (χ4n) is 2.89. The van der Waals surface area contributed by atoms with Gasteiger partial charge in [0.15, 0.2) is 10.8 Å². The van der Waals surface area contributed by atoms with Gasteiger partial charge in [-0.1, -0.05) is 17.4 Å². The molecule has 0 spiro atoms. The van der Waals surface area contributed by atoms with Gasteiger partial charge in [0.1, 0.15) is 17.6 Å². The fourth-order valence-corrected chi connectivity index (χ4v) is 5.28. The molecular formula is C18H19N5O2S3. The first kappa shape index (κ1) is 19.3. The third-order valence-corrected chi connectivity index (χ3v) is 7.08. The van der Waals surface area contributed by atoms with Gasteiger partial charge >= 0.3 is 0 Å². The maximum atomic E-state index is 12.8. The maximum Gasteiger partial charge on any atom is 0.273 e. The van der Waals surface area contributed by atoms with Crippen LogP contribution in [0, 0.1) is 0 Å². The van der Waals surface area contributed by atoms with E-state index in [1.807, 2.05) is 42.3 Å². The number of aromatic nitrogens is 3. The summed E-state index contributed by atoms with van der Waals surface area (Å²) >= 11 is 4.88. The van der Waals surface area contributed by atoms with Gasteiger partial charge in [0, 0.05) is 35.2 Å². The number of hydrogen-bond acceptors (Lipinski definition) is 8. The Morgan fingerprint density at radius 2 is 2.14 bits per heavy atom. The van der Waals surface area contributed by atoms with Crippen LogP contribution < -0.4 is 15.8 Å². The van der Waals surface area contributed by atoms with E-state index in [-0.39, 0.29) is 18.0 Å². The zero-order chi connectivity index (χ0) is 19.5. The Morgan fingerprint density at radius 3 is 2.93 bits per heavy atom. The summed E-state index contributed by atoms with van der Waals surface area (Å²) in [5, 5.41) is 3.66. The second-order valence-corrected chi connectivity index (χ2v) is 9.29. The molecule has 3 aromatic rings. The zero-order valence-electron chi connectivity index (χ0n) is 15.3. The van der Waals surface area contributed by atoms with Crippen molar-refractivity contribution in [3.05, 3.63) is 40.9 Å². The van der Waals surface area contributed by atoms with Crippen molar-refractivity contribution in [1.82, 2.24) is 14.5 Å². The van der Waals surface area contributed by atoms with Gasteiger partial charge in [-0.25, -0.2) is 4.98 Å². The summed E-state index contributed by atoms with van der Waals surface area (Å²) in [5.41, 5.74) is 0.933. The smallest absolute Gasteiger partial charge is 0.273 e. The summed E-state index contributed by atoms with van der Waals surface area (Å²) in [6.45, 7) is 1.77. The van der Waals surface area contributed by atoms with Crippen molar-refractivity contribution in [2.75, 3.05) is 41.1 Å². The van der Waals surface area contributed by atoms with Crippen molar-refractivity contribution >= 4 is 61.9 Å². The fraction of sp³-hybridized carbons (Fsp3) is 0.333. The van der Waals surface area contributed by atoms with Crippen molar-refractivity contribution < 1.29 is 4.79 Å². The average molecular weight is 434 g/mol. The maximum absolute atomic E-state index is 12.8. The van der Waals surface area contributed by atoms with E-state index in [2.05, 4.69) is 20.2 Å². The van der Waals surface area contributed by atoms with Gasteiger partial charge in [0.05, 0.1) is 0 Å². The Hall–Kier alpha value is -2.04. The lowest BCUT2D eigenvalue weighted by atomic mass is 10.3. The third-order valence-electron chi connectivity index (χ3n) is 4.32. The molecule has 0 atom stereocenters. The van der Waals surface area contributed by atoms with E-state index in [1.165, 1.54) is 22.2 Å². The van der Waals surface area contributed by atoms with Gasteiger partial charge in [-0.15, -0.1) is 11.8 Å². The molecule has 28 heavy (non-hydrogen) atoms. The highest BCUT2D eigenvalue weighted by Crippen LogP contribution is 2.27. The number of hydrogen-bond donors (Lipinski definition) is 1. The molecule has 1 amide bonds. The predicted octanol–water partition coefficient (Wildman–Crippen LogP) is 2.77. The molecule has 1 aromatic carbocycles. The minimum Gasteiger partial charge on any atom is -0.346 e. The van der Waals surface area contributed by atoms with Gasteiger partial charge in [-0.05, 0) is 24.5 Å². The second kappa shape index (κ2) is 8.54. The molecule has 1 N–H and O–H groups in total. The molecule has 1 fully saturated rings. The Morgan fingerprint density at radius 1 is 1.32 bits per heavy atom. The number of rotatable bonds is 5. The molecule has 1 aliphatic rings. The Labute approximate surface area is 174 Å². The SMILES string of the molecule is CSc1cccc(NC(=O)Cn2cnc3nc(N4CCSCC4)sc3c2=O)c1. The molecule has 4 rings (SSSR count). The van der Waals surface area contributed by atoms with Crippen molar-refractivity contribution in [3.63, 3.8) is 0 Å². The molecule has 0 unspecified atom stereocenters. The molecule has 1 saturated heterocycles. The van der Waals surface area contributed by atoms with E-state index in [1.54, 1.807) is 11.8 Å². The molecular weight excluding hydrogens is 414 g/mol.